The lowest BCUT2D eigenvalue weighted by Crippen LogP contribution is -2.11. The number of ether oxygens (including phenoxy) is 2. The molecule has 0 unspecified atom stereocenters. The third-order valence-corrected chi connectivity index (χ3v) is 3.51. The van der Waals surface area contributed by atoms with Crippen molar-refractivity contribution in [2.45, 2.75) is 31.8 Å². The van der Waals surface area contributed by atoms with Crippen molar-refractivity contribution in [3.05, 3.63) is 35.9 Å². The van der Waals surface area contributed by atoms with E-state index in [-0.39, 0.29) is 6.04 Å². The second-order valence-electron chi connectivity index (χ2n) is 4.61. The summed E-state index contributed by atoms with van der Waals surface area (Å²) in [5.41, 5.74) is 1.04. The Morgan fingerprint density at radius 2 is 2.15 bits per heavy atom. The van der Waals surface area contributed by atoms with E-state index in [0.717, 1.165) is 22.9 Å². The fraction of sp³-hybridized carbons (Fsp3) is 0.429. The molecule has 0 saturated carbocycles. The van der Waals surface area contributed by atoms with Gasteiger partial charge in [0.2, 0.25) is 0 Å². The molecule has 0 spiro atoms. The normalized spacial score (nSPS) is 10.8. The number of alkyl halides is 1. The van der Waals surface area contributed by atoms with E-state index in [0.29, 0.717) is 11.9 Å². The number of hydrogen-bond acceptors (Lipinski definition) is 4. The second kappa shape index (κ2) is 6.74. The van der Waals surface area contributed by atoms with Gasteiger partial charge in [-0.05, 0) is 32.0 Å². The van der Waals surface area contributed by atoms with E-state index >= 15 is 0 Å². The topological polar surface area (TPSA) is 49.2 Å². The Morgan fingerprint density at radius 1 is 1.35 bits per heavy atom. The van der Waals surface area contributed by atoms with E-state index in [2.05, 4.69) is 39.9 Å². The maximum absolute atomic E-state index is 5.85. The first-order valence-corrected chi connectivity index (χ1v) is 7.52. The molecule has 0 aliphatic heterocycles. The fourth-order valence-electron chi connectivity index (χ4n) is 1.88. The first-order valence-electron chi connectivity index (χ1n) is 6.39. The van der Waals surface area contributed by atoms with Gasteiger partial charge in [-0.1, -0.05) is 15.9 Å². The van der Waals surface area contributed by atoms with Crippen LogP contribution < -0.4 is 9.47 Å². The van der Waals surface area contributed by atoms with Crippen molar-refractivity contribution in [2.24, 2.45) is 0 Å². The molecule has 2 aromatic rings. The molecule has 0 fully saturated rings. The fourth-order valence-corrected chi connectivity index (χ4v) is 2.32. The van der Waals surface area contributed by atoms with E-state index in [1.54, 1.807) is 13.4 Å². The molecule has 0 aliphatic carbocycles. The first-order chi connectivity index (χ1) is 9.65. The molecule has 0 radical (unpaired) electrons. The summed E-state index contributed by atoms with van der Waals surface area (Å²) >= 11 is 3.46. The zero-order valence-corrected chi connectivity index (χ0v) is 13.4. The highest BCUT2D eigenvalue weighted by molar-refractivity contribution is 9.08. The Kier molecular flexibility index (Phi) is 5.00. The highest BCUT2D eigenvalue weighted by atomic mass is 79.9. The van der Waals surface area contributed by atoms with Crippen molar-refractivity contribution in [1.29, 1.82) is 0 Å². The number of aromatic nitrogens is 3. The number of methoxy groups -OCH3 is 1. The number of hydrogen-bond donors (Lipinski definition) is 0. The highest BCUT2D eigenvalue weighted by Crippen LogP contribution is 2.26. The maximum atomic E-state index is 5.85. The minimum atomic E-state index is 0.266. The summed E-state index contributed by atoms with van der Waals surface area (Å²) in [7, 11) is 1.65. The predicted molar refractivity (Wildman–Crippen MR) is 80.4 cm³/mol. The standard InChI is InChI=1S/C14H18BrN3O2/c1-10(2)18-14(16-9-17-18)8-20-13-5-4-12(19-3)6-11(13)7-15/h4-6,9-10H,7-8H2,1-3H3. The molecular formula is C14H18BrN3O2. The van der Waals surface area contributed by atoms with Crippen LogP contribution in [0.5, 0.6) is 11.5 Å². The average molecular weight is 340 g/mol. The Hall–Kier alpha value is -1.56. The lowest BCUT2D eigenvalue weighted by atomic mass is 10.2. The predicted octanol–water partition coefficient (Wildman–Crippen LogP) is 3.34. The molecule has 108 valence electrons. The molecule has 1 aromatic heterocycles. The third-order valence-electron chi connectivity index (χ3n) is 2.90. The Bertz CT molecular complexity index is 569. The number of benzene rings is 1. The second-order valence-corrected chi connectivity index (χ2v) is 5.17. The van der Waals surface area contributed by atoms with Crippen LogP contribution in [-0.4, -0.2) is 21.9 Å². The van der Waals surface area contributed by atoms with E-state index in [1.165, 1.54) is 0 Å². The van der Waals surface area contributed by atoms with Gasteiger partial charge >= 0.3 is 0 Å². The van der Waals surface area contributed by atoms with Crippen molar-refractivity contribution in [1.82, 2.24) is 14.8 Å². The summed E-state index contributed by atoms with van der Waals surface area (Å²) in [6, 6.07) is 6.01. The van der Waals surface area contributed by atoms with Crippen molar-refractivity contribution in [2.75, 3.05) is 7.11 Å². The van der Waals surface area contributed by atoms with Crippen LogP contribution >= 0.6 is 15.9 Å². The van der Waals surface area contributed by atoms with Gasteiger partial charge in [0.05, 0.1) is 7.11 Å². The zero-order valence-electron chi connectivity index (χ0n) is 11.8. The highest BCUT2D eigenvalue weighted by Gasteiger charge is 2.10. The Morgan fingerprint density at radius 3 is 2.80 bits per heavy atom. The molecule has 0 aliphatic rings. The Labute approximate surface area is 127 Å². The molecular weight excluding hydrogens is 322 g/mol. The summed E-state index contributed by atoms with van der Waals surface area (Å²) in [6.45, 7) is 4.52. The quantitative estimate of drug-likeness (QED) is 0.757. The van der Waals surface area contributed by atoms with Gasteiger partial charge in [0.25, 0.3) is 0 Å². The number of nitrogens with zero attached hydrogens (tertiary/aromatic N) is 3. The summed E-state index contributed by atoms with van der Waals surface area (Å²) in [6.07, 6.45) is 1.55. The molecule has 0 atom stereocenters. The minimum Gasteiger partial charge on any atom is -0.497 e. The van der Waals surface area contributed by atoms with Gasteiger partial charge < -0.3 is 9.47 Å². The monoisotopic (exact) mass is 339 g/mol. The van der Waals surface area contributed by atoms with Crippen molar-refractivity contribution in [3.8, 4) is 11.5 Å². The van der Waals surface area contributed by atoms with E-state index in [4.69, 9.17) is 9.47 Å². The van der Waals surface area contributed by atoms with E-state index in [1.807, 2.05) is 22.9 Å². The van der Waals surface area contributed by atoms with Crippen LogP contribution in [0.3, 0.4) is 0 Å². The van der Waals surface area contributed by atoms with Crippen LogP contribution in [0.4, 0.5) is 0 Å². The molecule has 6 heteroatoms. The van der Waals surface area contributed by atoms with Crippen LogP contribution in [0, 0.1) is 0 Å². The van der Waals surface area contributed by atoms with Crippen LogP contribution in [0.25, 0.3) is 0 Å². The first kappa shape index (κ1) is 14.8. The summed E-state index contributed by atoms with van der Waals surface area (Å²) in [5.74, 6) is 2.45. The van der Waals surface area contributed by atoms with Crippen LogP contribution in [0.2, 0.25) is 0 Å². The lowest BCUT2D eigenvalue weighted by molar-refractivity contribution is 0.280. The SMILES string of the molecule is COc1ccc(OCc2ncnn2C(C)C)c(CBr)c1. The van der Waals surface area contributed by atoms with Gasteiger partial charge in [0.1, 0.15) is 24.4 Å². The Balaban J connectivity index is 2.12. The number of rotatable bonds is 6. The summed E-state index contributed by atoms with van der Waals surface area (Å²) in [5, 5.41) is 4.90. The van der Waals surface area contributed by atoms with Gasteiger partial charge in [0.15, 0.2) is 5.82 Å². The van der Waals surface area contributed by atoms with Gasteiger partial charge in [0, 0.05) is 16.9 Å². The molecule has 5 nitrogen and oxygen atoms in total. The molecule has 1 aromatic carbocycles. The van der Waals surface area contributed by atoms with Gasteiger partial charge in [-0.25, -0.2) is 9.67 Å². The molecule has 2 rings (SSSR count). The largest absolute Gasteiger partial charge is 0.497 e. The minimum absolute atomic E-state index is 0.266. The van der Waals surface area contributed by atoms with Gasteiger partial charge in [-0.2, -0.15) is 5.10 Å². The third kappa shape index (κ3) is 3.30. The van der Waals surface area contributed by atoms with Crippen molar-refractivity contribution in [3.63, 3.8) is 0 Å². The smallest absolute Gasteiger partial charge is 0.165 e. The maximum Gasteiger partial charge on any atom is 0.165 e. The molecule has 20 heavy (non-hydrogen) atoms. The van der Waals surface area contributed by atoms with Crippen molar-refractivity contribution >= 4 is 15.9 Å². The summed E-state index contributed by atoms with van der Waals surface area (Å²) < 4.78 is 12.9. The average Bonchev–Trinajstić information content (AvgIpc) is 2.93. The van der Waals surface area contributed by atoms with Gasteiger partial charge in [-0.15, -0.1) is 0 Å². The molecule has 0 amide bonds. The van der Waals surface area contributed by atoms with E-state index in [9.17, 15) is 0 Å². The molecule has 0 saturated heterocycles. The van der Waals surface area contributed by atoms with Crippen molar-refractivity contribution < 1.29 is 9.47 Å². The zero-order chi connectivity index (χ0) is 14.5. The van der Waals surface area contributed by atoms with Crippen LogP contribution in [0.15, 0.2) is 24.5 Å². The van der Waals surface area contributed by atoms with E-state index < -0.39 is 0 Å². The van der Waals surface area contributed by atoms with Crippen LogP contribution in [-0.2, 0) is 11.9 Å². The lowest BCUT2D eigenvalue weighted by Gasteiger charge is -2.13. The van der Waals surface area contributed by atoms with Crippen LogP contribution in [0.1, 0.15) is 31.3 Å². The molecule has 0 bridgehead atoms. The summed E-state index contributed by atoms with van der Waals surface area (Å²) in [4.78, 5) is 4.23. The van der Waals surface area contributed by atoms with Gasteiger partial charge in [-0.3, -0.25) is 0 Å². The molecule has 1 heterocycles. The number of halogens is 1. The molecule has 0 N–H and O–H groups in total.